The summed E-state index contributed by atoms with van der Waals surface area (Å²) in [7, 11) is 0. The van der Waals surface area contributed by atoms with Crippen LogP contribution in [-0.4, -0.2) is 22.7 Å². The predicted molar refractivity (Wildman–Crippen MR) is 88.0 cm³/mol. The van der Waals surface area contributed by atoms with Gasteiger partial charge in [0.25, 0.3) is 0 Å². The number of nitrogens with zero attached hydrogens (tertiary/aromatic N) is 1. The minimum absolute atomic E-state index is 0.124. The van der Waals surface area contributed by atoms with Crippen molar-refractivity contribution in [3.8, 4) is 5.75 Å². The maximum atomic E-state index is 10.7. The Hall–Kier alpha value is -1.88. The molecular formula is C17H21NO3S. The number of rotatable bonds is 6. The van der Waals surface area contributed by atoms with E-state index in [1.807, 2.05) is 12.1 Å². The van der Waals surface area contributed by atoms with Crippen LogP contribution in [0.1, 0.15) is 48.3 Å². The van der Waals surface area contributed by atoms with Crippen LogP contribution in [0, 0.1) is 0 Å². The molecule has 2 aromatic rings. The predicted octanol–water partition coefficient (Wildman–Crippen LogP) is 4.15. The largest absolute Gasteiger partial charge is 0.494 e. The van der Waals surface area contributed by atoms with Crippen LogP contribution in [0.4, 0.5) is 0 Å². The Morgan fingerprint density at radius 3 is 2.50 bits per heavy atom. The molecule has 4 nitrogen and oxygen atoms in total. The molecule has 0 bridgehead atoms. The second-order valence-electron chi connectivity index (χ2n) is 6.16. The van der Waals surface area contributed by atoms with Gasteiger partial charge in [-0.25, -0.2) is 9.78 Å². The monoisotopic (exact) mass is 319 g/mol. The number of aromatic nitrogens is 1. The van der Waals surface area contributed by atoms with Gasteiger partial charge in [0.05, 0.1) is 11.6 Å². The van der Waals surface area contributed by atoms with Gasteiger partial charge in [-0.15, -0.1) is 11.3 Å². The quantitative estimate of drug-likeness (QED) is 0.813. The van der Waals surface area contributed by atoms with Gasteiger partial charge in [0.2, 0.25) is 0 Å². The topological polar surface area (TPSA) is 59.4 Å². The Bertz CT molecular complexity index is 626. The minimum Gasteiger partial charge on any atom is -0.494 e. The van der Waals surface area contributed by atoms with Crippen molar-refractivity contribution in [2.45, 2.75) is 39.0 Å². The van der Waals surface area contributed by atoms with Gasteiger partial charge >= 0.3 is 5.97 Å². The molecule has 0 amide bonds. The molecule has 0 aliphatic carbocycles. The van der Waals surface area contributed by atoms with Crippen molar-refractivity contribution in [1.29, 1.82) is 0 Å². The first-order chi connectivity index (χ1) is 10.4. The summed E-state index contributed by atoms with van der Waals surface area (Å²) < 4.78 is 5.71. The summed E-state index contributed by atoms with van der Waals surface area (Å²) in [5.74, 6) is -0.115. The third kappa shape index (κ3) is 4.56. The lowest BCUT2D eigenvalue weighted by Gasteiger charge is -2.19. The molecule has 1 N–H and O–H groups in total. The number of carbonyl (C=O) groups is 1. The van der Waals surface area contributed by atoms with E-state index in [0.29, 0.717) is 6.61 Å². The number of carboxylic acids is 1. The molecule has 0 spiro atoms. The van der Waals surface area contributed by atoms with E-state index < -0.39 is 5.97 Å². The van der Waals surface area contributed by atoms with Gasteiger partial charge < -0.3 is 9.84 Å². The lowest BCUT2D eigenvalue weighted by molar-refractivity contribution is 0.0691. The van der Waals surface area contributed by atoms with Crippen LogP contribution in [-0.2, 0) is 11.8 Å². The maximum Gasteiger partial charge on any atom is 0.355 e. The lowest BCUT2D eigenvalue weighted by atomic mass is 9.87. The summed E-state index contributed by atoms with van der Waals surface area (Å²) in [6.45, 7) is 7.14. The SMILES string of the molecule is CC(C)(C)c1ccc(OCCCc2nc(C(=O)O)cs2)cc1. The number of thiazole rings is 1. The maximum absolute atomic E-state index is 10.7. The highest BCUT2D eigenvalue weighted by atomic mass is 32.1. The molecule has 0 saturated carbocycles. The molecule has 0 aliphatic heterocycles. The number of hydrogen-bond acceptors (Lipinski definition) is 4. The van der Waals surface area contributed by atoms with Crippen LogP contribution >= 0.6 is 11.3 Å². The van der Waals surface area contributed by atoms with E-state index in [9.17, 15) is 4.79 Å². The molecule has 22 heavy (non-hydrogen) atoms. The molecule has 0 saturated heterocycles. The lowest BCUT2D eigenvalue weighted by Crippen LogP contribution is -2.10. The van der Waals surface area contributed by atoms with Crippen LogP contribution in [0.2, 0.25) is 0 Å². The van der Waals surface area contributed by atoms with Crippen molar-refractivity contribution in [1.82, 2.24) is 4.98 Å². The second-order valence-corrected chi connectivity index (χ2v) is 7.10. The number of aryl methyl sites for hydroxylation is 1. The van der Waals surface area contributed by atoms with Crippen LogP contribution in [0.5, 0.6) is 5.75 Å². The van der Waals surface area contributed by atoms with Gasteiger partial charge in [-0.3, -0.25) is 0 Å². The minimum atomic E-state index is -0.974. The fourth-order valence-electron chi connectivity index (χ4n) is 1.99. The molecule has 2 rings (SSSR count). The van der Waals surface area contributed by atoms with Gasteiger partial charge in [0, 0.05) is 11.8 Å². The zero-order chi connectivity index (χ0) is 16.2. The number of carboxylic acid groups (broad SMARTS) is 1. The molecule has 118 valence electrons. The molecule has 0 radical (unpaired) electrons. The van der Waals surface area contributed by atoms with Crippen molar-refractivity contribution in [3.05, 3.63) is 45.9 Å². The first-order valence-corrected chi connectivity index (χ1v) is 8.15. The van der Waals surface area contributed by atoms with E-state index in [0.717, 1.165) is 23.6 Å². The third-order valence-corrected chi connectivity index (χ3v) is 4.20. The van der Waals surface area contributed by atoms with E-state index in [1.165, 1.54) is 16.9 Å². The van der Waals surface area contributed by atoms with E-state index in [2.05, 4.69) is 37.9 Å². The summed E-state index contributed by atoms with van der Waals surface area (Å²) in [5.41, 5.74) is 1.55. The molecule has 0 aliphatic rings. The van der Waals surface area contributed by atoms with E-state index >= 15 is 0 Å². The van der Waals surface area contributed by atoms with Crippen molar-refractivity contribution >= 4 is 17.3 Å². The number of benzene rings is 1. The van der Waals surface area contributed by atoms with Crippen molar-refractivity contribution in [2.75, 3.05) is 6.61 Å². The van der Waals surface area contributed by atoms with Crippen LogP contribution in [0.25, 0.3) is 0 Å². The zero-order valence-electron chi connectivity index (χ0n) is 13.1. The standard InChI is InChI=1S/C17H21NO3S/c1-17(2,3)12-6-8-13(9-7-12)21-10-4-5-15-18-14(11-22-15)16(19)20/h6-9,11H,4-5,10H2,1-3H3,(H,19,20). The molecule has 0 atom stereocenters. The molecule has 1 aromatic carbocycles. The van der Waals surface area contributed by atoms with E-state index in [1.54, 1.807) is 5.38 Å². The van der Waals surface area contributed by atoms with Gasteiger partial charge in [0.15, 0.2) is 5.69 Å². The first kappa shape index (κ1) is 16.5. The Morgan fingerprint density at radius 2 is 1.95 bits per heavy atom. The molecule has 0 fully saturated rings. The number of aromatic carboxylic acids is 1. The van der Waals surface area contributed by atoms with Gasteiger partial charge in [0.1, 0.15) is 5.75 Å². The molecule has 1 heterocycles. The van der Waals surface area contributed by atoms with Gasteiger partial charge in [-0.1, -0.05) is 32.9 Å². The summed E-state index contributed by atoms with van der Waals surface area (Å²) >= 11 is 1.38. The van der Waals surface area contributed by atoms with Crippen LogP contribution < -0.4 is 4.74 Å². The van der Waals surface area contributed by atoms with Crippen LogP contribution in [0.15, 0.2) is 29.6 Å². The highest BCUT2D eigenvalue weighted by molar-refractivity contribution is 7.09. The average Bonchev–Trinajstić information content (AvgIpc) is 2.92. The van der Waals surface area contributed by atoms with E-state index in [-0.39, 0.29) is 11.1 Å². The van der Waals surface area contributed by atoms with Gasteiger partial charge in [-0.05, 0) is 29.5 Å². The van der Waals surface area contributed by atoms with Crippen LogP contribution in [0.3, 0.4) is 0 Å². The normalized spacial score (nSPS) is 11.4. The molecule has 1 aromatic heterocycles. The number of ether oxygens (including phenoxy) is 1. The highest BCUT2D eigenvalue weighted by Gasteiger charge is 2.13. The number of hydrogen-bond donors (Lipinski definition) is 1. The van der Waals surface area contributed by atoms with Crippen molar-refractivity contribution in [3.63, 3.8) is 0 Å². The Morgan fingerprint density at radius 1 is 1.27 bits per heavy atom. The first-order valence-electron chi connectivity index (χ1n) is 7.27. The Kier molecular flexibility index (Phi) is 5.19. The van der Waals surface area contributed by atoms with Crippen molar-refractivity contribution < 1.29 is 14.6 Å². The Balaban J connectivity index is 1.77. The van der Waals surface area contributed by atoms with Gasteiger partial charge in [-0.2, -0.15) is 0 Å². The van der Waals surface area contributed by atoms with E-state index in [4.69, 9.17) is 9.84 Å². The van der Waals surface area contributed by atoms with Crippen molar-refractivity contribution in [2.24, 2.45) is 0 Å². The summed E-state index contributed by atoms with van der Waals surface area (Å²) in [4.78, 5) is 14.8. The molecular weight excluding hydrogens is 298 g/mol. The molecule has 0 unspecified atom stereocenters. The highest BCUT2D eigenvalue weighted by Crippen LogP contribution is 2.24. The fraction of sp³-hybridized carbons (Fsp3) is 0.412. The summed E-state index contributed by atoms with van der Waals surface area (Å²) in [5, 5.41) is 11.2. The second kappa shape index (κ2) is 6.92. The Labute approximate surface area is 134 Å². The summed E-state index contributed by atoms with van der Waals surface area (Å²) in [6.07, 6.45) is 1.55. The third-order valence-electron chi connectivity index (χ3n) is 3.29. The zero-order valence-corrected chi connectivity index (χ0v) is 13.9. The summed E-state index contributed by atoms with van der Waals surface area (Å²) in [6, 6.07) is 8.17. The molecule has 5 heteroatoms. The smallest absolute Gasteiger partial charge is 0.355 e. The average molecular weight is 319 g/mol. The fourth-order valence-corrected chi connectivity index (χ4v) is 2.80.